The predicted octanol–water partition coefficient (Wildman–Crippen LogP) is 1.13. The number of benzene rings is 2. The summed E-state index contributed by atoms with van der Waals surface area (Å²) in [6.07, 6.45) is 3.43. The predicted molar refractivity (Wildman–Crippen MR) is 91.9 cm³/mol. The number of aromatic amines is 1. The number of nitrogens with zero attached hydrogens (tertiary/aromatic N) is 2. The Labute approximate surface area is 153 Å². The Morgan fingerprint density at radius 1 is 0.963 bits per heavy atom. The second-order valence-corrected chi connectivity index (χ2v) is 6.55. The van der Waals surface area contributed by atoms with Gasteiger partial charge in [-0.3, -0.25) is 0 Å². The van der Waals surface area contributed by atoms with Crippen LogP contribution >= 0.6 is 0 Å². The van der Waals surface area contributed by atoms with Crippen LogP contribution in [0.5, 0.6) is 28.7 Å². The normalized spacial score (nSPS) is 21.9. The lowest BCUT2D eigenvalue weighted by Gasteiger charge is -2.36. The van der Waals surface area contributed by atoms with Crippen LogP contribution in [0.4, 0.5) is 0 Å². The summed E-state index contributed by atoms with van der Waals surface area (Å²) in [7, 11) is 0. The first kappa shape index (κ1) is 17.0. The summed E-state index contributed by atoms with van der Waals surface area (Å²) in [6.45, 7) is -0.0577. The summed E-state index contributed by atoms with van der Waals surface area (Å²) < 4.78 is 5.46. The van der Waals surface area contributed by atoms with Crippen molar-refractivity contribution in [2.45, 2.75) is 17.9 Å². The first-order valence-corrected chi connectivity index (χ1v) is 8.15. The first-order valence-electron chi connectivity index (χ1n) is 8.15. The van der Waals surface area contributed by atoms with Crippen LogP contribution in [-0.4, -0.2) is 53.2 Å². The minimum atomic E-state index is -1.22. The van der Waals surface area contributed by atoms with Crippen molar-refractivity contribution in [2.24, 2.45) is 0 Å². The first-order chi connectivity index (χ1) is 12.9. The van der Waals surface area contributed by atoms with Crippen molar-refractivity contribution in [3.8, 4) is 28.7 Å². The molecular formula is C18H17N3O6. The highest BCUT2D eigenvalue weighted by molar-refractivity contribution is 5.63. The molecule has 0 radical (unpaired) electrons. The van der Waals surface area contributed by atoms with E-state index in [0.717, 1.165) is 0 Å². The van der Waals surface area contributed by atoms with Gasteiger partial charge in [0.05, 0.1) is 12.4 Å². The average Bonchev–Trinajstić information content (AvgIpc) is 3.28. The molecule has 9 heteroatoms. The smallest absolute Gasteiger partial charge is 0.200 e. The number of rotatable bonds is 0. The largest absolute Gasteiger partial charge is 0.504 e. The lowest BCUT2D eigenvalue weighted by atomic mass is 9.80. The third-order valence-corrected chi connectivity index (χ3v) is 4.83. The number of hydrogen-bond donors (Lipinski definition) is 6. The number of aromatic hydroxyl groups is 4. The Hall–Kier alpha value is -3.46. The van der Waals surface area contributed by atoms with Crippen LogP contribution in [0.25, 0.3) is 0 Å². The fourth-order valence-corrected chi connectivity index (χ4v) is 3.69. The molecule has 6 N–H and O–H groups in total. The van der Waals surface area contributed by atoms with E-state index in [1.807, 2.05) is 0 Å². The lowest BCUT2D eigenvalue weighted by molar-refractivity contribution is -0.0228. The van der Waals surface area contributed by atoms with Gasteiger partial charge in [0.25, 0.3) is 0 Å². The highest BCUT2D eigenvalue weighted by atomic mass is 16.5. The molecule has 2 heterocycles. The number of H-pyrrole nitrogens is 1. The summed E-state index contributed by atoms with van der Waals surface area (Å²) in [5.41, 5.74) is 0.700. The standard InChI is InChI=1S/C16H14O6.C2H3N3/c17-10-2-1-8-13-9-4-12(19)11(18)3-7(9)5-16(13,21)6-22-15(8)14(10)20;1-2-4-5-3-1/h1-4,13,17-21H,5-6H2;1-2H,(H,3,4,5)/t13-,16+;/m1./s1. The number of phenols is 4. The van der Waals surface area contributed by atoms with Crippen molar-refractivity contribution >= 4 is 0 Å². The maximum atomic E-state index is 10.9. The molecule has 3 aromatic rings. The number of phenolic OH excluding ortho intramolecular Hbond substituents is 4. The molecule has 0 fully saturated rings. The molecule has 9 nitrogen and oxygen atoms in total. The van der Waals surface area contributed by atoms with Crippen molar-refractivity contribution in [3.63, 3.8) is 0 Å². The van der Waals surface area contributed by atoms with Gasteiger partial charge in [0, 0.05) is 17.9 Å². The maximum absolute atomic E-state index is 10.9. The molecule has 5 rings (SSSR count). The minimum absolute atomic E-state index is 0.0577. The van der Waals surface area contributed by atoms with Gasteiger partial charge in [-0.2, -0.15) is 15.4 Å². The fraction of sp³-hybridized carbons (Fsp3) is 0.222. The van der Waals surface area contributed by atoms with E-state index in [-0.39, 0.29) is 41.8 Å². The van der Waals surface area contributed by atoms with Crippen molar-refractivity contribution in [1.82, 2.24) is 15.4 Å². The number of nitrogens with one attached hydrogen (secondary N) is 1. The zero-order valence-corrected chi connectivity index (χ0v) is 14.0. The van der Waals surface area contributed by atoms with Crippen molar-refractivity contribution < 1.29 is 30.3 Å². The summed E-state index contributed by atoms with van der Waals surface area (Å²) in [5.74, 6) is -1.54. The number of fused-ring (bicyclic) bond motifs is 5. The molecule has 2 aromatic carbocycles. The van der Waals surface area contributed by atoms with E-state index < -0.39 is 11.5 Å². The van der Waals surface area contributed by atoms with Crippen molar-refractivity contribution in [2.75, 3.05) is 6.61 Å². The zero-order valence-electron chi connectivity index (χ0n) is 14.0. The fourth-order valence-electron chi connectivity index (χ4n) is 3.69. The van der Waals surface area contributed by atoms with Gasteiger partial charge in [-0.1, -0.05) is 6.07 Å². The molecule has 2 aliphatic rings. The molecule has 0 spiro atoms. The Kier molecular flexibility index (Phi) is 3.81. The molecule has 27 heavy (non-hydrogen) atoms. The van der Waals surface area contributed by atoms with Crippen LogP contribution in [0.15, 0.2) is 36.7 Å². The number of aromatic nitrogens is 3. The molecule has 0 saturated heterocycles. The Bertz CT molecular complexity index is 974. The van der Waals surface area contributed by atoms with E-state index in [0.29, 0.717) is 16.7 Å². The van der Waals surface area contributed by atoms with E-state index in [1.165, 1.54) is 18.2 Å². The lowest BCUT2D eigenvalue weighted by Crippen LogP contribution is -2.43. The summed E-state index contributed by atoms with van der Waals surface area (Å²) >= 11 is 0. The molecule has 140 valence electrons. The number of ether oxygens (including phenoxy) is 1. The van der Waals surface area contributed by atoms with Gasteiger partial charge in [0.15, 0.2) is 23.0 Å². The molecule has 1 aromatic heterocycles. The quantitative estimate of drug-likeness (QED) is 0.322. The van der Waals surface area contributed by atoms with Crippen LogP contribution in [0, 0.1) is 0 Å². The average molecular weight is 371 g/mol. The third kappa shape index (κ3) is 2.68. The highest BCUT2D eigenvalue weighted by Crippen LogP contribution is 2.55. The monoisotopic (exact) mass is 371 g/mol. The minimum Gasteiger partial charge on any atom is -0.504 e. The molecule has 2 atom stereocenters. The van der Waals surface area contributed by atoms with Gasteiger partial charge in [-0.15, -0.1) is 0 Å². The van der Waals surface area contributed by atoms with Gasteiger partial charge in [-0.25, -0.2) is 0 Å². The van der Waals surface area contributed by atoms with Crippen LogP contribution in [-0.2, 0) is 6.42 Å². The maximum Gasteiger partial charge on any atom is 0.200 e. The van der Waals surface area contributed by atoms with Gasteiger partial charge >= 0.3 is 0 Å². The van der Waals surface area contributed by atoms with Crippen LogP contribution in [0.2, 0.25) is 0 Å². The van der Waals surface area contributed by atoms with Gasteiger partial charge < -0.3 is 30.3 Å². The molecule has 0 unspecified atom stereocenters. The SMILES string of the molecule is Oc1cc2c(cc1O)[C@H]1c3ccc(O)c(O)c3OC[C@@]1(O)C2.c1cn[nH]n1. The zero-order chi connectivity index (χ0) is 19.2. The molecule has 0 amide bonds. The molecule has 0 saturated carbocycles. The second kappa shape index (κ2) is 6.06. The van der Waals surface area contributed by atoms with Crippen molar-refractivity contribution in [1.29, 1.82) is 0 Å². The van der Waals surface area contributed by atoms with E-state index in [1.54, 1.807) is 18.5 Å². The van der Waals surface area contributed by atoms with E-state index in [2.05, 4.69) is 15.4 Å². The Balaban J connectivity index is 0.000000314. The van der Waals surface area contributed by atoms with Gasteiger partial charge in [0.2, 0.25) is 5.75 Å². The Morgan fingerprint density at radius 3 is 2.33 bits per heavy atom. The second-order valence-electron chi connectivity index (χ2n) is 6.55. The Morgan fingerprint density at radius 2 is 1.67 bits per heavy atom. The van der Waals surface area contributed by atoms with Crippen LogP contribution in [0.3, 0.4) is 0 Å². The summed E-state index contributed by atoms with van der Waals surface area (Å²) in [4.78, 5) is 0. The van der Waals surface area contributed by atoms with E-state index >= 15 is 0 Å². The van der Waals surface area contributed by atoms with Gasteiger partial charge in [-0.05, 0) is 29.3 Å². The van der Waals surface area contributed by atoms with Gasteiger partial charge in [0.1, 0.15) is 12.2 Å². The summed E-state index contributed by atoms with van der Waals surface area (Å²) in [6, 6.07) is 5.77. The number of hydrogen-bond acceptors (Lipinski definition) is 8. The van der Waals surface area contributed by atoms with Crippen molar-refractivity contribution in [3.05, 3.63) is 53.3 Å². The van der Waals surface area contributed by atoms with E-state index in [9.17, 15) is 25.5 Å². The summed E-state index contributed by atoms with van der Waals surface area (Å²) in [5, 5.41) is 59.2. The molecular weight excluding hydrogens is 354 g/mol. The van der Waals surface area contributed by atoms with Crippen LogP contribution < -0.4 is 4.74 Å². The third-order valence-electron chi connectivity index (χ3n) is 4.83. The highest BCUT2D eigenvalue weighted by Gasteiger charge is 2.51. The van der Waals surface area contributed by atoms with Crippen LogP contribution in [0.1, 0.15) is 22.6 Å². The molecule has 1 aliphatic heterocycles. The van der Waals surface area contributed by atoms with E-state index in [4.69, 9.17) is 4.74 Å². The molecule has 1 aliphatic carbocycles. The molecule has 0 bridgehead atoms. The number of aliphatic hydroxyl groups is 1. The topological polar surface area (TPSA) is 152 Å².